The molecule has 37 heavy (non-hydrogen) atoms. The van der Waals surface area contributed by atoms with Crippen molar-refractivity contribution < 1.29 is 32.2 Å². The van der Waals surface area contributed by atoms with Gasteiger partial charge in [-0.3, -0.25) is 9.69 Å². The van der Waals surface area contributed by atoms with Gasteiger partial charge in [0, 0.05) is 44.0 Å². The molecule has 1 saturated heterocycles. The second-order valence-corrected chi connectivity index (χ2v) is 10.8. The van der Waals surface area contributed by atoms with Crippen LogP contribution in [0.2, 0.25) is 0 Å². The predicted octanol–water partition coefficient (Wildman–Crippen LogP) is 5.35. The maximum Gasteiger partial charge on any atom is 0.446 e. The minimum absolute atomic E-state index is 0.105. The number of fused-ring (bicyclic) bond motifs is 1. The molecule has 0 bridgehead atoms. The first-order chi connectivity index (χ1) is 17.7. The fourth-order valence-corrected chi connectivity index (χ4v) is 5.16. The van der Waals surface area contributed by atoms with Crippen molar-refractivity contribution in [2.45, 2.75) is 49.9 Å². The van der Waals surface area contributed by atoms with Gasteiger partial charge in [-0.2, -0.15) is 13.2 Å². The third-order valence-corrected chi connectivity index (χ3v) is 6.95. The Morgan fingerprint density at radius 1 is 1.11 bits per heavy atom. The zero-order chi connectivity index (χ0) is 26.4. The smallest absolute Gasteiger partial charge is 0.446 e. The summed E-state index contributed by atoms with van der Waals surface area (Å²) in [7, 11) is 0. The molecule has 1 fully saturated rings. The van der Waals surface area contributed by atoms with E-state index in [1.165, 1.54) is 6.07 Å². The van der Waals surface area contributed by atoms with Gasteiger partial charge in [-0.05, 0) is 47.0 Å². The van der Waals surface area contributed by atoms with Crippen LogP contribution in [-0.2, 0) is 22.6 Å². The van der Waals surface area contributed by atoms with Crippen molar-refractivity contribution in [3.63, 3.8) is 0 Å². The second-order valence-electron chi connectivity index (χ2n) is 9.69. The van der Waals surface area contributed by atoms with E-state index in [2.05, 4.69) is 13.8 Å². The number of halogens is 3. The Bertz CT molecular complexity index is 1070. The number of hydrogen-bond donors (Lipinski definition) is 0. The summed E-state index contributed by atoms with van der Waals surface area (Å²) in [5, 5.41) is 0. The highest BCUT2D eigenvalue weighted by molar-refractivity contribution is 8.00. The molecule has 1 unspecified atom stereocenters. The molecule has 0 radical (unpaired) electrons. The Balaban J connectivity index is 1.44. The van der Waals surface area contributed by atoms with Gasteiger partial charge in [0.05, 0.1) is 19.8 Å². The highest BCUT2D eigenvalue weighted by atomic mass is 32.2. The van der Waals surface area contributed by atoms with Crippen LogP contribution in [0.5, 0.6) is 11.5 Å². The molecular weight excluding hydrogens is 505 g/mol. The lowest BCUT2D eigenvalue weighted by Gasteiger charge is -2.36. The van der Waals surface area contributed by atoms with Gasteiger partial charge < -0.3 is 19.1 Å². The highest BCUT2D eigenvalue weighted by Gasteiger charge is 2.33. The molecular formula is C27H33F3N2O4S. The van der Waals surface area contributed by atoms with Crippen molar-refractivity contribution in [3.8, 4) is 11.5 Å². The Hall–Kier alpha value is -2.43. The van der Waals surface area contributed by atoms with E-state index < -0.39 is 11.6 Å². The number of nitrogens with zero attached hydrogens (tertiary/aromatic N) is 2. The number of carbonyl (C=O) groups excluding carboxylic acids is 1. The van der Waals surface area contributed by atoms with Gasteiger partial charge in [0.1, 0.15) is 6.10 Å². The van der Waals surface area contributed by atoms with Crippen LogP contribution in [0.1, 0.15) is 31.4 Å². The lowest BCUT2D eigenvalue weighted by molar-refractivity contribution is -0.151. The van der Waals surface area contributed by atoms with Crippen molar-refractivity contribution in [1.29, 1.82) is 0 Å². The Labute approximate surface area is 220 Å². The normalized spacial score (nSPS) is 18.5. The predicted molar refractivity (Wildman–Crippen MR) is 136 cm³/mol. The first kappa shape index (κ1) is 27.6. The van der Waals surface area contributed by atoms with Gasteiger partial charge in [0.15, 0.2) is 11.5 Å². The van der Waals surface area contributed by atoms with Crippen molar-refractivity contribution in [2.75, 3.05) is 39.5 Å². The number of thioether (sulfide) groups is 1. The van der Waals surface area contributed by atoms with E-state index in [-0.39, 0.29) is 28.5 Å². The molecule has 202 valence electrons. The Morgan fingerprint density at radius 2 is 1.86 bits per heavy atom. The van der Waals surface area contributed by atoms with Gasteiger partial charge in [0.25, 0.3) is 5.91 Å². The summed E-state index contributed by atoms with van der Waals surface area (Å²) in [4.78, 5) is 17.6. The molecule has 0 spiro atoms. The average molecular weight is 539 g/mol. The Morgan fingerprint density at radius 3 is 2.62 bits per heavy atom. The van der Waals surface area contributed by atoms with Crippen LogP contribution in [0.15, 0.2) is 47.4 Å². The van der Waals surface area contributed by atoms with E-state index in [1.54, 1.807) is 23.1 Å². The summed E-state index contributed by atoms with van der Waals surface area (Å²) in [5.74, 6) is 1.51. The molecule has 2 aromatic rings. The van der Waals surface area contributed by atoms with Crippen LogP contribution in [0.25, 0.3) is 0 Å². The number of alkyl halides is 3. The minimum Gasteiger partial charge on any atom is -0.490 e. The van der Waals surface area contributed by atoms with E-state index >= 15 is 0 Å². The van der Waals surface area contributed by atoms with Crippen LogP contribution in [0.4, 0.5) is 13.2 Å². The third kappa shape index (κ3) is 8.02. The third-order valence-electron chi connectivity index (χ3n) is 6.10. The molecule has 2 aliphatic rings. The number of amides is 1. The maximum atomic E-state index is 13.6. The minimum atomic E-state index is -4.36. The number of rotatable bonds is 8. The topological polar surface area (TPSA) is 51.2 Å². The summed E-state index contributed by atoms with van der Waals surface area (Å²) in [6, 6.07) is 12.3. The molecule has 0 aromatic heterocycles. The molecule has 0 aliphatic carbocycles. The van der Waals surface area contributed by atoms with Crippen molar-refractivity contribution in [3.05, 3.63) is 53.6 Å². The zero-order valence-corrected chi connectivity index (χ0v) is 21.9. The van der Waals surface area contributed by atoms with E-state index in [0.717, 1.165) is 12.0 Å². The fourth-order valence-electron chi connectivity index (χ4n) is 4.50. The molecule has 0 saturated carbocycles. The van der Waals surface area contributed by atoms with E-state index in [9.17, 15) is 18.0 Å². The van der Waals surface area contributed by atoms with E-state index in [1.807, 2.05) is 23.1 Å². The molecule has 0 N–H and O–H groups in total. The molecule has 1 amide bonds. The van der Waals surface area contributed by atoms with Crippen molar-refractivity contribution in [2.24, 2.45) is 5.92 Å². The lowest BCUT2D eigenvalue weighted by Crippen LogP contribution is -2.51. The number of ether oxygens (including phenoxy) is 3. The number of hydrogen-bond acceptors (Lipinski definition) is 6. The summed E-state index contributed by atoms with van der Waals surface area (Å²) in [5.41, 5.74) is -2.84. The quantitative estimate of drug-likeness (QED) is 0.423. The first-order valence-corrected chi connectivity index (χ1v) is 13.3. The Kier molecular flexibility index (Phi) is 9.26. The summed E-state index contributed by atoms with van der Waals surface area (Å²) < 4.78 is 56.4. The van der Waals surface area contributed by atoms with Crippen LogP contribution < -0.4 is 9.47 Å². The van der Waals surface area contributed by atoms with Gasteiger partial charge >= 0.3 is 5.51 Å². The van der Waals surface area contributed by atoms with E-state index in [4.69, 9.17) is 14.2 Å². The highest BCUT2D eigenvalue weighted by Crippen LogP contribution is 2.39. The zero-order valence-electron chi connectivity index (χ0n) is 21.1. The number of morpholine rings is 1. The largest absolute Gasteiger partial charge is 0.490 e. The van der Waals surface area contributed by atoms with Crippen LogP contribution >= 0.6 is 11.8 Å². The molecule has 1 atom stereocenters. The van der Waals surface area contributed by atoms with Crippen LogP contribution in [-0.4, -0.2) is 66.8 Å². The molecule has 2 aromatic carbocycles. The molecule has 6 nitrogen and oxygen atoms in total. The van der Waals surface area contributed by atoms with Crippen LogP contribution in [0.3, 0.4) is 0 Å². The van der Waals surface area contributed by atoms with Gasteiger partial charge in [-0.25, -0.2) is 0 Å². The summed E-state index contributed by atoms with van der Waals surface area (Å²) in [6.45, 7) is 7.77. The fraction of sp³-hybridized carbons (Fsp3) is 0.519. The van der Waals surface area contributed by atoms with Gasteiger partial charge in [0.2, 0.25) is 0 Å². The first-order valence-electron chi connectivity index (χ1n) is 12.5. The number of carbonyl (C=O) groups is 1. The van der Waals surface area contributed by atoms with Gasteiger partial charge in [-0.15, -0.1) is 0 Å². The summed E-state index contributed by atoms with van der Waals surface area (Å²) in [6.07, 6.45) is 0.131. The molecule has 2 aliphatic heterocycles. The lowest BCUT2D eigenvalue weighted by atomic mass is 10.1. The maximum absolute atomic E-state index is 13.6. The van der Waals surface area contributed by atoms with Gasteiger partial charge in [-0.1, -0.05) is 38.1 Å². The molecule has 10 heteroatoms. The molecule has 2 heterocycles. The van der Waals surface area contributed by atoms with E-state index in [0.29, 0.717) is 69.6 Å². The van der Waals surface area contributed by atoms with Crippen LogP contribution in [0, 0.1) is 5.92 Å². The standard InChI is InChI=1S/C27H33F3N2O4S/c1-19(2)15-32(16-20-8-9-22-23(14-20)35-12-5-11-34-22)26(33)24-18-31(10-13-36-24)17-21-6-3-4-7-25(21)37-27(28,29)30/h3-4,6-9,14,19,24H,5,10-13,15-18H2,1-2H3. The second kappa shape index (κ2) is 12.4. The summed E-state index contributed by atoms with van der Waals surface area (Å²) >= 11 is -0.105. The van der Waals surface area contributed by atoms with Crippen molar-refractivity contribution in [1.82, 2.24) is 9.80 Å². The monoisotopic (exact) mass is 538 g/mol. The molecule has 4 rings (SSSR count). The van der Waals surface area contributed by atoms with Crippen molar-refractivity contribution >= 4 is 17.7 Å². The average Bonchev–Trinajstić information content (AvgIpc) is 3.08. The SMILES string of the molecule is CC(C)CN(Cc1ccc2c(c1)OCCCO2)C(=O)C1CN(Cc2ccccc2SC(F)(F)F)CCO1. The number of benzene rings is 2.